The zero-order valence-corrected chi connectivity index (χ0v) is 17.1. The predicted molar refractivity (Wildman–Crippen MR) is 117 cm³/mol. The van der Waals surface area contributed by atoms with Crippen molar-refractivity contribution in [1.29, 1.82) is 0 Å². The van der Waals surface area contributed by atoms with E-state index >= 15 is 0 Å². The Bertz CT molecular complexity index is 1000. The van der Waals surface area contributed by atoms with Crippen molar-refractivity contribution < 1.29 is 9.59 Å². The molecule has 0 fully saturated rings. The number of carbonyl (C=O) groups excluding carboxylic acids is 2. The van der Waals surface area contributed by atoms with Gasteiger partial charge in [-0.1, -0.05) is 44.2 Å². The smallest absolute Gasteiger partial charge is 0.315 e. The Morgan fingerprint density at radius 2 is 1.97 bits per heavy atom. The average molecular weight is 414 g/mol. The second-order valence-electron chi connectivity index (χ2n) is 5.76. The quantitative estimate of drug-likeness (QED) is 0.451. The minimum absolute atomic E-state index is 0.287. The number of nitrogens with one attached hydrogen (secondary N) is 4. The van der Waals surface area contributed by atoms with E-state index in [1.807, 2.05) is 26.0 Å². The third-order valence-corrected chi connectivity index (χ3v) is 4.18. The predicted octanol–water partition coefficient (Wildman–Crippen LogP) is 4.37. The number of pyridine rings is 1. The Morgan fingerprint density at radius 1 is 1.21 bits per heavy atom. The molecule has 0 aliphatic rings. The van der Waals surface area contributed by atoms with Gasteiger partial charge >= 0.3 is 6.03 Å². The molecule has 7 nitrogen and oxygen atoms in total. The molecule has 152 valence electrons. The van der Waals surface area contributed by atoms with E-state index in [0.717, 1.165) is 16.5 Å². The van der Waals surface area contributed by atoms with Crippen LogP contribution in [0.1, 0.15) is 25.0 Å². The van der Waals surface area contributed by atoms with E-state index in [0.29, 0.717) is 29.4 Å². The van der Waals surface area contributed by atoms with E-state index in [1.54, 1.807) is 30.6 Å². The summed E-state index contributed by atoms with van der Waals surface area (Å²) in [6.45, 7) is 8.05. The van der Waals surface area contributed by atoms with Crippen molar-refractivity contribution in [3.63, 3.8) is 0 Å². The van der Waals surface area contributed by atoms with E-state index in [9.17, 15) is 9.59 Å². The topological polar surface area (TPSA) is 98.9 Å². The molecule has 3 rings (SSSR count). The number of hydrogen-bond donors (Lipinski definition) is 4. The van der Waals surface area contributed by atoms with Gasteiger partial charge in [0.15, 0.2) is 0 Å². The fraction of sp³-hybridized carbons (Fsp3) is 0.190. The fourth-order valence-corrected chi connectivity index (χ4v) is 2.87. The molecule has 0 spiro atoms. The van der Waals surface area contributed by atoms with Gasteiger partial charge in [-0.05, 0) is 35.4 Å². The summed E-state index contributed by atoms with van der Waals surface area (Å²) >= 11 is 6.16. The summed E-state index contributed by atoms with van der Waals surface area (Å²) in [5, 5.41) is 9.62. The Morgan fingerprint density at radius 3 is 2.72 bits per heavy atom. The van der Waals surface area contributed by atoms with E-state index < -0.39 is 0 Å². The summed E-state index contributed by atoms with van der Waals surface area (Å²) in [5.74, 6) is -0.287. The van der Waals surface area contributed by atoms with Crippen LogP contribution >= 0.6 is 11.6 Å². The van der Waals surface area contributed by atoms with Gasteiger partial charge < -0.3 is 20.9 Å². The van der Waals surface area contributed by atoms with Gasteiger partial charge in [-0.3, -0.25) is 4.79 Å². The standard InChI is InChI=1S/C19H18ClN5O2.C2H6/c1-2-16(26)25-14-5-3-4-12(8-14)9-23-19(27)24-10-13-6-7-21-18-17(13)15(20)11-22-18;1-2/h2-8,11H,1,9-10H2,(H,21,22)(H,25,26)(H2,23,24,27);1-2H3. The van der Waals surface area contributed by atoms with Gasteiger partial charge in [0, 0.05) is 36.6 Å². The highest BCUT2D eigenvalue weighted by Crippen LogP contribution is 2.24. The second-order valence-corrected chi connectivity index (χ2v) is 6.17. The maximum atomic E-state index is 12.1. The molecule has 0 unspecified atom stereocenters. The zero-order valence-electron chi connectivity index (χ0n) is 16.4. The summed E-state index contributed by atoms with van der Waals surface area (Å²) < 4.78 is 0. The number of hydrogen-bond acceptors (Lipinski definition) is 3. The van der Waals surface area contributed by atoms with E-state index in [4.69, 9.17) is 11.6 Å². The minimum Gasteiger partial charge on any atom is -0.345 e. The molecule has 0 atom stereocenters. The largest absolute Gasteiger partial charge is 0.345 e. The van der Waals surface area contributed by atoms with E-state index in [1.165, 1.54) is 6.08 Å². The Balaban J connectivity index is 0.00000145. The van der Waals surface area contributed by atoms with Crippen molar-refractivity contribution in [3.8, 4) is 0 Å². The number of fused-ring (bicyclic) bond motifs is 1. The highest BCUT2D eigenvalue weighted by atomic mass is 35.5. The number of benzene rings is 1. The second kappa shape index (κ2) is 10.9. The molecule has 0 radical (unpaired) electrons. The molecule has 0 saturated carbocycles. The average Bonchev–Trinajstić information content (AvgIpc) is 3.14. The molecule has 2 heterocycles. The van der Waals surface area contributed by atoms with Gasteiger partial charge in [-0.25, -0.2) is 9.78 Å². The SMILES string of the molecule is C=CC(=O)Nc1cccc(CNC(=O)NCc2ccnc3[nH]cc(Cl)c23)c1.CC. The number of halogens is 1. The number of amides is 3. The third-order valence-electron chi connectivity index (χ3n) is 3.88. The normalized spacial score (nSPS) is 9.90. The van der Waals surface area contributed by atoms with Crippen LogP contribution < -0.4 is 16.0 Å². The molecule has 0 saturated heterocycles. The van der Waals surface area contributed by atoms with Crippen LogP contribution in [0.15, 0.2) is 55.4 Å². The minimum atomic E-state index is -0.313. The van der Waals surface area contributed by atoms with Crippen LogP contribution in [-0.4, -0.2) is 21.9 Å². The van der Waals surface area contributed by atoms with Gasteiger partial charge in [-0.15, -0.1) is 0 Å². The van der Waals surface area contributed by atoms with Crippen molar-refractivity contribution in [3.05, 3.63) is 71.5 Å². The van der Waals surface area contributed by atoms with Crippen molar-refractivity contribution >= 4 is 40.3 Å². The zero-order chi connectivity index (χ0) is 21.2. The molecule has 0 bridgehead atoms. The van der Waals surface area contributed by atoms with Crippen molar-refractivity contribution in [2.24, 2.45) is 0 Å². The van der Waals surface area contributed by atoms with Crippen LogP contribution in [0.5, 0.6) is 0 Å². The molecule has 4 N–H and O–H groups in total. The molecular weight excluding hydrogens is 390 g/mol. The number of aromatic amines is 1. The highest BCUT2D eigenvalue weighted by molar-refractivity contribution is 6.35. The number of nitrogens with zero attached hydrogens (tertiary/aromatic N) is 1. The molecule has 2 aromatic heterocycles. The van der Waals surface area contributed by atoms with Gasteiger partial charge in [0.2, 0.25) is 5.91 Å². The maximum Gasteiger partial charge on any atom is 0.315 e. The monoisotopic (exact) mass is 413 g/mol. The third kappa shape index (κ3) is 6.08. The molecule has 3 aromatic rings. The van der Waals surface area contributed by atoms with E-state index in [-0.39, 0.29) is 11.9 Å². The first kappa shape index (κ1) is 22.0. The van der Waals surface area contributed by atoms with Crippen molar-refractivity contribution in [1.82, 2.24) is 20.6 Å². The number of rotatable bonds is 6. The van der Waals surface area contributed by atoms with Gasteiger partial charge in [0.05, 0.1) is 5.02 Å². The first-order valence-electron chi connectivity index (χ1n) is 9.21. The van der Waals surface area contributed by atoms with Crippen LogP contribution in [-0.2, 0) is 17.9 Å². The lowest BCUT2D eigenvalue weighted by Crippen LogP contribution is -2.34. The molecule has 1 aromatic carbocycles. The molecule has 0 aliphatic carbocycles. The van der Waals surface area contributed by atoms with Crippen LogP contribution in [0.25, 0.3) is 11.0 Å². The van der Waals surface area contributed by atoms with Crippen LogP contribution in [0.2, 0.25) is 5.02 Å². The van der Waals surface area contributed by atoms with Crippen molar-refractivity contribution in [2.75, 3.05) is 5.32 Å². The Labute approximate surface area is 174 Å². The summed E-state index contributed by atoms with van der Waals surface area (Å²) in [5.41, 5.74) is 3.04. The summed E-state index contributed by atoms with van der Waals surface area (Å²) in [6, 6.07) is 8.71. The lowest BCUT2D eigenvalue weighted by atomic mass is 10.2. The summed E-state index contributed by atoms with van der Waals surface area (Å²) in [7, 11) is 0. The number of carbonyl (C=O) groups is 2. The maximum absolute atomic E-state index is 12.1. The molecule has 29 heavy (non-hydrogen) atoms. The lowest BCUT2D eigenvalue weighted by Gasteiger charge is -2.10. The van der Waals surface area contributed by atoms with Gasteiger partial charge in [0.25, 0.3) is 0 Å². The molecule has 8 heteroatoms. The Hall–Kier alpha value is -3.32. The van der Waals surface area contributed by atoms with Crippen LogP contribution in [0.3, 0.4) is 0 Å². The van der Waals surface area contributed by atoms with Crippen molar-refractivity contribution in [2.45, 2.75) is 26.9 Å². The molecule has 0 aliphatic heterocycles. The first-order valence-corrected chi connectivity index (χ1v) is 9.59. The van der Waals surface area contributed by atoms with Gasteiger partial charge in [0.1, 0.15) is 5.65 Å². The summed E-state index contributed by atoms with van der Waals surface area (Å²) in [6.07, 6.45) is 4.53. The highest BCUT2D eigenvalue weighted by Gasteiger charge is 2.09. The number of urea groups is 1. The van der Waals surface area contributed by atoms with E-state index in [2.05, 4.69) is 32.5 Å². The first-order chi connectivity index (χ1) is 14.1. The number of aromatic nitrogens is 2. The van der Waals surface area contributed by atoms with Crippen LogP contribution in [0, 0.1) is 0 Å². The number of anilines is 1. The van der Waals surface area contributed by atoms with Crippen LogP contribution in [0.4, 0.5) is 10.5 Å². The number of H-pyrrole nitrogens is 1. The summed E-state index contributed by atoms with van der Waals surface area (Å²) in [4.78, 5) is 30.6. The lowest BCUT2D eigenvalue weighted by molar-refractivity contribution is -0.111. The fourth-order valence-electron chi connectivity index (χ4n) is 2.60. The van der Waals surface area contributed by atoms with Gasteiger partial charge in [-0.2, -0.15) is 0 Å². The Kier molecular flexibility index (Phi) is 8.24. The molecular formula is C21H24ClN5O2. The molecule has 3 amide bonds.